The lowest BCUT2D eigenvalue weighted by Gasteiger charge is -2.02. The minimum absolute atomic E-state index is 0.162. The van der Waals surface area contributed by atoms with Crippen LogP contribution in [0.2, 0.25) is 0 Å². The molecule has 0 saturated heterocycles. The van der Waals surface area contributed by atoms with Crippen LogP contribution in [-0.4, -0.2) is 7.11 Å². The molecule has 2 nitrogen and oxygen atoms in total. The van der Waals surface area contributed by atoms with E-state index in [2.05, 4.69) is 6.58 Å². The molecule has 0 heterocycles. The summed E-state index contributed by atoms with van der Waals surface area (Å²) in [6.07, 6.45) is 0. The molecule has 1 rings (SSSR count). The van der Waals surface area contributed by atoms with Crippen molar-refractivity contribution in [3.63, 3.8) is 0 Å². The molecule has 3 heteroatoms. The first-order valence-electron chi connectivity index (χ1n) is 3.62. The van der Waals surface area contributed by atoms with E-state index in [0.717, 1.165) is 0 Å². The van der Waals surface area contributed by atoms with Crippen LogP contribution in [0, 0.1) is 17.1 Å². The van der Waals surface area contributed by atoms with Crippen molar-refractivity contribution in [2.45, 2.75) is 0 Å². The van der Waals surface area contributed by atoms with E-state index in [0.29, 0.717) is 5.56 Å². The minimum Gasteiger partial charge on any atom is -0.494 e. The second kappa shape index (κ2) is 3.72. The summed E-state index contributed by atoms with van der Waals surface area (Å²) in [5.41, 5.74) is 0.711. The molecule has 0 N–H and O–H groups in total. The van der Waals surface area contributed by atoms with E-state index in [4.69, 9.17) is 10.00 Å². The summed E-state index contributed by atoms with van der Waals surface area (Å²) in [6.45, 7) is 3.47. The molecule has 1 aromatic carbocycles. The van der Waals surface area contributed by atoms with Gasteiger partial charge in [-0.25, -0.2) is 4.39 Å². The Balaban J connectivity index is 3.11. The maximum Gasteiger partial charge on any atom is 0.165 e. The molecule has 13 heavy (non-hydrogen) atoms. The number of benzene rings is 1. The molecule has 0 radical (unpaired) electrons. The smallest absolute Gasteiger partial charge is 0.165 e. The molecule has 0 bridgehead atoms. The molecular weight excluding hydrogens is 169 g/mol. The highest BCUT2D eigenvalue weighted by Gasteiger charge is 2.04. The lowest BCUT2D eigenvalue weighted by molar-refractivity contribution is 0.386. The van der Waals surface area contributed by atoms with Gasteiger partial charge in [-0.3, -0.25) is 0 Å². The lowest BCUT2D eigenvalue weighted by Crippen LogP contribution is -1.89. The van der Waals surface area contributed by atoms with Gasteiger partial charge in [0.05, 0.1) is 18.8 Å². The number of halogens is 1. The SMILES string of the molecule is C=C(C#N)c1ccc(OC)c(F)c1. The van der Waals surface area contributed by atoms with Crippen molar-refractivity contribution < 1.29 is 9.13 Å². The zero-order valence-corrected chi connectivity index (χ0v) is 7.17. The van der Waals surface area contributed by atoms with E-state index in [1.165, 1.54) is 19.2 Å². The van der Waals surface area contributed by atoms with E-state index in [-0.39, 0.29) is 11.3 Å². The number of hydrogen-bond acceptors (Lipinski definition) is 2. The van der Waals surface area contributed by atoms with E-state index in [1.54, 1.807) is 6.07 Å². The first kappa shape index (κ1) is 9.27. The van der Waals surface area contributed by atoms with Gasteiger partial charge in [0.25, 0.3) is 0 Å². The largest absolute Gasteiger partial charge is 0.494 e. The van der Waals surface area contributed by atoms with Crippen molar-refractivity contribution in [1.29, 1.82) is 5.26 Å². The highest BCUT2D eigenvalue weighted by Crippen LogP contribution is 2.20. The van der Waals surface area contributed by atoms with E-state index in [9.17, 15) is 4.39 Å². The Morgan fingerprint density at radius 2 is 2.31 bits per heavy atom. The Kier molecular flexibility index (Phi) is 2.65. The molecule has 0 amide bonds. The van der Waals surface area contributed by atoms with Gasteiger partial charge < -0.3 is 4.74 Å². The monoisotopic (exact) mass is 177 g/mol. The summed E-state index contributed by atoms with van der Waals surface area (Å²) >= 11 is 0. The number of hydrogen-bond donors (Lipinski definition) is 0. The topological polar surface area (TPSA) is 33.0 Å². The highest BCUT2D eigenvalue weighted by molar-refractivity contribution is 5.74. The van der Waals surface area contributed by atoms with Gasteiger partial charge in [0, 0.05) is 0 Å². The molecule has 0 fully saturated rings. The number of methoxy groups -OCH3 is 1. The molecule has 0 unspecified atom stereocenters. The first-order chi connectivity index (χ1) is 6.19. The predicted octanol–water partition coefficient (Wildman–Crippen LogP) is 2.37. The van der Waals surface area contributed by atoms with Crippen LogP contribution < -0.4 is 4.74 Å². The van der Waals surface area contributed by atoms with Gasteiger partial charge in [-0.2, -0.15) is 5.26 Å². The van der Waals surface area contributed by atoms with Crippen LogP contribution >= 0.6 is 0 Å². The van der Waals surface area contributed by atoms with Gasteiger partial charge in [0.2, 0.25) is 0 Å². The molecule has 0 saturated carbocycles. The third-order valence-corrected chi connectivity index (χ3v) is 1.64. The van der Waals surface area contributed by atoms with Crippen LogP contribution in [0.1, 0.15) is 5.56 Å². The van der Waals surface area contributed by atoms with E-state index in [1.807, 2.05) is 6.07 Å². The van der Waals surface area contributed by atoms with Crippen LogP contribution in [0.3, 0.4) is 0 Å². The summed E-state index contributed by atoms with van der Waals surface area (Å²) in [5, 5.41) is 8.50. The van der Waals surface area contributed by atoms with Crippen LogP contribution in [0.25, 0.3) is 5.57 Å². The van der Waals surface area contributed by atoms with Gasteiger partial charge in [0.1, 0.15) is 0 Å². The van der Waals surface area contributed by atoms with Crippen molar-refractivity contribution in [1.82, 2.24) is 0 Å². The number of ether oxygens (including phenoxy) is 1. The standard InChI is InChI=1S/C10H8FNO/c1-7(6-12)8-3-4-10(13-2)9(11)5-8/h3-5H,1H2,2H3. The van der Waals surface area contributed by atoms with Crippen molar-refractivity contribution in [3.8, 4) is 11.8 Å². The summed E-state index contributed by atoms with van der Waals surface area (Å²) in [5.74, 6) is -0.328. The number of rotatable bonds is 2. The maximum atomic E-state index is 13.1. The third-order valence-electron chi connectivity index (χ3n) is 1.64. The highest BCUT2D eigenvalue weighted by atomic mass is 19.1. The van der Waals surface area contributed by atoms with Crippen LogP contribution in [0.4, 0.5) is 4.39 Å². The Hall–Kier alpha value is -1.82. The molecule has 0 aliphatic carbocycles. The first-order valence-corrected chi connectivity index (χ1v) is 3.62. The minimum atomic E-state index is -0.489. The van der Waals surface area contributed by atoms with Gasteiger partial charge in [-0.1, -0.05) is 6.58 Å². The van der Waals surface area contributed by atoms with Crippen LogP contribution in [-0.2, 0) is 0 Å². The molecule has 0 atom stereocenters. The second-order valence-corrected chi connectivity index (χ2v) is 2.44. The predicted molar refractivity (Wildman–Crippen MR) is 47.6 cm³/mol. The van der Waals surface area contributed by atoms with E-state index < -0.39 is 5.82 Å². The van der Waals surface area contributed by atoms with Crippen molar-refractivity contribution >= 4 is 5.57 Å². The van der Waals surface area contributed by atoms with Crippen molar-refractivity contribution in [2.24, 2.45) is 0 Å². The van der Waals surface area contributed by atoms with Gasteiger partial charge in [-0.15, -0.1) is 0 Å². The van der Waals surface area contributed by atoms with Crippen molar-refractivity contribution in [3.05, 3.63) is 36.2 Å². The number of nitrogens with zero attached hydrogens (tertiary/aromatic N) is 1. The molecule has 66 valence electrons. The van der Waals surface area contributed by atoms with Crippen LogP contribution in [0.15, 0.2) is 24.8 Å². The van der Waals surface area contributed by atoms with Gasteiger partial charge in [0.15, 0.2) is 11.6 Å². The third kappa shape index (κ3) is 1.85. The summed E-state index contributed by atoms with van der Waals surface area (Å²) in [6, 6.07) is 6.13. The Morgan fingerprint density at radius 3 is 2.77 bits per heavy atom. The Morgan fingerprint density at radius 1 is 1.62 bits per heavy atom. The van der Waals surface area contributed by atoms with E-state index >= 15 is 0 Å². The summed E-state index contributed by atoms with van der Waals surface area (Å²) in [7, 11) is 1.39. The van der Waals surface area contributed by atoms with Crippen LogP contribution in [0.5, 0.6) is 5.75 Å². The Labute approximate surface area is 75.9 Å². The lowest BCUT2D eigenvalue weighted by atomic mass is 10.1. The fraction of sp³-hybridized carbons (Fsp3) is 0.100. The molecule has 0 aliphatic heterocycles. The van der Waals surface area contributed by atoms with Crippen molar-refractivity contribution in [2.75, 3.05) is 7.11 Å². The molecular formula is C10H8FNO. The number of allylic oxidation sites excluding steroid dienone is 1. The molecule has 0 aliphatic rings. The van der Waals surface area contributed by atoms with Gasteiger partial charge >= 0.3 is 0 Å². The normalized spacial score (nSPS) is 9.00. The molecule has 1 aromatic rings. The summed E-state index contributed by atoms with van der Waals surface area (Å²) < 4.78 is 17.8. The second-order valence-electron chi connectivity index (χ2n) is 2.44. The quantitative estimate of drug-likeness (QED) is 0.649. The summed E-state index contributed by atoms with van der Waals surface area (Å²) in [4.78, 5) is 0. The fourth-order valence-corrected chi connectivity index (χ4v) is 0.919. The molecule has 0 spiro atoms. The Bertz CT molecular complexity index is 379. The molecule has 0 aromatic heterocycles. The van der Waals surface area contributed by atoms with Gasteiger partial charge in [-0.05, 0) is 23.8 Å². The average molecular weight is 177 g/mol. The zero-order chi connectivity index (χ0) is 9.84. The fourth-order valence-electron chi connectivity index (χ4n) is 0.919. The maximum absolute atomic E-state index is 13.1. The zero-order valence-electron chi connectivity index (χ0n) is 7.17. The average Bonchev–Trinajstić information content (AvgIpc) is 2.16. The number of nitriles is 1.